The summed E-state index contributed by atoms with van der Waals surface area (Å²) < 4.78 is 16.3. The van der Waals surface area contributed by atoms with Gasteiger partial charge in [0.05, 0.1) is 13.2 Å². The highest BCUT2D eigenvalue weighted by molar-refractivity contribution is 6.04. The number of carbonyl (C=O) groups excluding carboxylic acids is 2. The molecule has 1 saturated heterocycles. The first-order chi connectivity index (χ1) is 15.1. The fourth-order valence-electron chi connectivity index (χ4n) is 3.10. The number of carbonyl (C=O) groups is 2. The van der Waals surface area contributed by atoms with Crippen LogP contribution in [-0.2, 0) is 4.74 Å². The predicted octanol–water partition coefficient (Wildman–Crippen LogP) is 3.81. The van der Waals surface area contributed by atoms with E-state index in [-0.39, 0.29) is 18.0 Å². The first kappa shape index (κ1) is 22.2. The zero-order valence-corrected chi connectivity index (χ0v) is 17.5. The van der Waals surface area contributed by atoms with E-state index in [1.165, 1.54) is 7.11 Å². The predicted molar refractivity (Wildman–Crippen MR) is 119 cm³/mol. The van der Waals surface area contributed by atoms with Crippen LogP contribution in [0.2, 0.25) is 0 Å². The third kappa shape index (κ3) is 6.48. The topological polar surface area (TPSA) is 97.9 Å². The molecule has 3 amide bonds. The summed E-state index contributed by atoms with van der Waals surface area (Å²) in [5, 5.41) is 8.38. The largest absolute Gasteiger partial charge is 0.493 e. The number of urea groups is 1. The molecule has 3 N–H and O–H groups in total. The molecular formula is C23H27N3O5. The maximum atomic E-state index is 12.6. The number of rotatable bonds is 9. The average Bonchev–Trinajstić information content (AvgIpc) is 3.31. The highest BCUT2D eigenvalue weighted by Crippen LogP contribution is 2.28. The second-order valence-electron chi connectivity index (χ2n) is 6.97. The lowest BCUT2D eigenvalue weighted by atomic mass is 10.1. The van der Waals surface area contributed by atoms with Gasteiger partial charge in [0.2, 0.25) is 0 Å². The molecule has 1 fully saturated rings. The van der Waals surface area contributed by atoms with Crippen molar-refractivity contribution in [1.29, 1.82) is 0 Å². The van der Waals surface area contributed by atoms with Crippen molar-refractivity contribution < 1.29 is 23.8 Å². The van der Waals surface area contributed by atoms with Gasteiger partial charge >= 0.3 is 6.03 Å². The molecule has 3 rings (SSSR count). The fourth-order valence-corrected chi connectivity index (χ4v) is 3.10. The van der Waals surface area contributed by atoms with Crippen LogP contribution >= 0.6 is 0 Å². The summed E-state index contributed by atoms with van der Waals surface area (Å²) in [6.07, 6.45) is 3.71. The standard InChI is InChI=1S/C23H27N3O5/c1-3-12-31-20-11-6-16(14-21(20)29-2)22(27)25-17-7-9-18(10-8-17)26-23(28)24-15-19-5-4-13-30-19/h3,6-11,14,19H,1,4-5,12-13,15H2,2H3,(H,25,27)(H2,24,26,28). The Labute approximate surface area is 181 Å². The fraction of sp³-hybridized carbons (Fsp3) is 0.304. The molecule has 2 aromatic rings. The van der Waals surface area contributed by atoms with Crippen LogP contribution in [0.15, 0.2) is 55.1 Å². The van der Waals surface area contributed by atoms with Gasteiger partial charge in [-0.3, -0.25) is 4.79 Å². The van der Waals surface area contributed by atoms with Crippen LogP contribution in [0, 0.1) is 0 Å². The summed E-state index contributed by atoms with van der Waals surface area (Å²) >= 11 is 0. The van der Waals surface area contributed by atoms with Crippen LogP contribution in [0.25, 0.3) is 0 Å². The smallest absolute Gasteiger partial charge is 0.319 e. The van der Waals surface area contributed by atoms with E-state index in [2.05, 4.69) is 22.5 Å². The number of anilines is 2. The number of methoxy groups -OCH3 is 1. The van der Waals surface area contributed by atoms with Crippen molar-refractivity contribution in [2.45, 2.75) is 18.9 Å². The van der Waals surface area contributed by atoms with Gasteiger partial charge in [-0.25, -0.2) is 4.79 Å². The second kappa shape index (κ2) is 11.0. The van der Waals surface area contributed by atoms with Crippen LogP contribution in [0.4, 0.5) is 16.2 Å². The highest BCUT2D eigenvalue weighted by atomic mass is 16.5. The van der Waals surface area contributed by atoms with E-state index < -0.39 is 0 Å². The van der Waals surface area contributed by atoms with Gasteiger partial charge < -0.3 is 30.2 Å². The van der Waals surface area contributed by atoms with Crippen molar-refractivity contribution in [2.75, 3.05) is 37.5 Å². The van der Waals surface area contributed by atoms with Crippen molar-refractivity contribution in [3.8, 4) is 11.5 Å². The quantitative estimate of drug-likeness (QED) is 0.531. The van der Waals surface area contributed by atoms with Crippen LogP contribution in [0.3, 0.4) is 0 Å². The normalized spacial score (nSPS) is 15.1. The molecule has 164 valence electrons. The minimum Gasteiger partial charge on any atom is -0.493 e. The van der Waals surface area contributed by atoms with Gasteiger partial charge in [-0.2, -0.15) is 0 Å². The number of ether oxygens (including phenoxy) is 3. The Morgan fingerprint density at radius 1 is 1.13 bits per heavy atom. The van der Waals surface area contributed by atoms with E-state index in [0.29, 0.717) is 41.6 Å². The minimum absolute atomic E-state index is 0.0876. The summed E-state index contributed by atoms with van der Waals surface area (Å²) in [6.45, 7) is 5.19. The van der Waals surface area contributed by atoms with Crippen molar-refractivity contribution in [1.82, 2.24) is 5.32 Å². The molecule has 1 aliphatic heterocycles. The summed E-state index contributed by atoms with van der Waals surface area (Å²) in [5.41, 5.74) is 1.65. The molecule has 1 heterocycles. The van der Waals surface area contributed by atoms with E-state index >= 15 is 0 Å². The van der Waals surface area contributed by atoms with Crippen molar-refractivity contribution in [3.05, 3.63) is 60.7 Å². The lowest BCUT2D eigenvalue weighted by Gasteiger charge is -2.13. The van der Waals surface area contributed by atoms with Gasteiger partial charge in [0, 0.05) is 30.1 Å². The van der Waals surface area contributed by atoms with Gasteiger partial charge in [0.1, 0.15) is 6.61 Å². The molecule has 0 aliphatic carbocycles. The monoisotopic (exact) mass is 425 g/mol. The molecule has 0 aromatic heterocycles. The van der Waals surface area contributed by atoms with Gasteiger partial charge in [-0.05, 0) is 55.3 Å². The molecule has 8 nitrogen and oxygen atoms in total. The Morgan fingerprint density at radius 2 is 1.87 bits per heavy atom. The summed E-state index contributed by atoms with van der Waals surface area (Å²) in [5.74, 6) is 0.707. The summed E-state index contributed by atoms with van der Waals surface area (Å²) in [4.78, 5) is 24.6. The van der Waals surface area contributed by atoms with E-state index in [1.807, 2.05) is 0 Å². The van der Waals surface area contributed by atoms with Crippen molar-refractivity contribution in [2.24, 2.45) is 0 Å². The molecule has 0 bridgehead atoms. The molecule has 0 saturated carbocycles. The minimum atomic E-state index is -0.293. The first-order valence-electron chi connectivity index (χ1n) is 10.1. The van der Waals surface area contributed by atoms with E-state index in [1.54, 1.807) is 48.5 Å². The maximum Gasteiger partial charge on any atom is 0.319 e. The third-order valence-corrected chi connectivity index (χ3v) is 4.70. The number of amides is 3. The molecule has 2 aromatic carbocycles. The van der Waals surface area contributed by atoms with Crippen LogP contribution < -0.4 is 25.4 Å². The average molecular weight is 425 g/mol. The van der Waals surface area contributed by atoms with Crippen LogP contribution in [-0.4, -0.2) is 44.9 Å². The molecule has 31 heavy (non-hydrogen) atoms. The van der Waals surface area contributed by atoms with E-state index in [4.69, 9.17) is 14.2 Å². The lowest BCUT2D eigenvalue weighted by Crippen LogP contribution is -2.35. The van der Waals surface area contributed by atoms with Crippen molar-refractivity contribution >= 4 is 23.3 Å². The third-order valence-electron chi connectivity index (χ3n) is 4.70. The Hall–Kier alpha value is -3.52. The van der Waals surface area contributed by atoms with E-state index in [9.17, 15) is 9.59 Å². The highest BCUT2D eigenvalue weighted by Gasteiger charge is 2.16. The Bertz CT molecular complexity index is 908. The molecule has 0 radical (unpaired) electrons. The molecule has 1 atom stereocenters. The molecule has 8 heteroatoms. The molecule has 1 unspecified atom stereocenters. The molecule has 1 aliphatic rings. The zero-order valence-electron chi connectivity index (χ0n) is 17.5. The SMILES string of the molecule is C=CCOc1ccc(C(=O)Nc2ccc(NC(=O)NCC3CCCO3)cc2)cc1OC. The Balaban J connectivity index is 1.53. The first-order valence-corrected chi connectivity index (χ1v) is 10.1. The van der Waals surface area contributed by atoms with Gasteiger partial charge in [0.25, 0.3) is 5.91 Å². The van der Waals surface area contributed by atoms with Crippen LogP contribution in [0.1, 0.15) is 23.2 Å². The van der Waals surface area contributed by atoms with E-state index in [0.717, 1.165) is 19.4 Å². The summed E-state index contributed by atoms with van der Waals surface area (Å²) in [6, 6.07) is 11.5. The number of benzene rings is 2. The lowest BCUT2D eigenvalue weighted by molar-refractivity contribution is 0.102. The van der Waals surface area contributed by atoms with Gasteiger partial charge in [-0.1, -0.05) is 12.7 Å². The second-order valence-corrected chi connectivity index (χ2v) is 6.97. The van der Waals surface area contributed by atoms with Crippen LogP contribution in [0.5, 0.6) is 11.5 Å². The zero-order chi connectivity index (χ0) is 22.1. The Morgan fingerprint density at radius 3 is 2.52 bits per heavy atom. The Kier molecular flexibility index (Phi) is 7.89. The molecular weight excluding hydrogens is 398 g/mol. The van der Waals surface area contributed by atoms with Crippen molar-refractivity contribution in [3.63, 3.8) is 0 Å². The number of nitrogens with one attached hydrogen (secondary N) is 3. The number of hydrogen-bond acceptors (Lipinski definition) is 5. The summed E-state index contributed by atoms with van der Waals surface area (Å²) in [7, 11) is 1.51. The number of hydrogen-bond donors (Lipinski definition) is 3. The maximum absolute atomic E-state index is 12.6. The molecule has 0 spiro atoms. The van der Waals surface area contributed by atoms with Gasteiger partial charge in [-0.15, -0.1) is 0 Å². The van der Waals surface area contributed by atoms with Gasteiger partial charge in [0.15, 0.2) is 11.5 Å².